The molecule has 0 aromatic heterocycles. The van der Waals surface area contributed by atoms with Crippen LogP contribution in [0.5, 0.6) is 0 Å². The van der Waals surface area contributed by atoms with Crippen molar-refractivity contribution in [3.63, 3.8) is 0 Å². The van der Waals surface area contributed by atoms with E-state index in [4.69, 9.17) is 0 Å². The molecule has 1 amide bonds. The predicted molar refractivity (Wildman–Crippen MR) is 43.6 cm³/mol. The standard InChI is InChI=1S/C5H11NO4S.Ca/c1-5(7)6-3-2-4-11(8,9)10;/h2-4H2,1H3,(H,6,7)(H,8,9,10);/q;+2/p-1. The van der Waals surface area contributed by atoms with Gasteiger partial charge in [-0.25, -0.2) is 8.42 Å². The first-order valence-electron chi connectivity index (χ1n) is 3.10. The summed E-state index contributed by atoms with van der Waals surface area (Å²) in [5, 5.41) is 2.38. The maximum Gasteiger partial charge on any atom is 2.00 e. The second-order valence-electron chi connectivity index (χ2n) is 2.10. The molecule has 5 nitrogen and oxygen atoms in total. The van der Waals surface area contributed by atoms with Gasteiger partial charge in [-0.05, 0) is 6.42 Å². The van der Waals surface area contributed by atoms with Gasteiger partial charge in [-0.3, -0.25) is 4.79 Å². The van der Waals surface area contributed by atoms with Gasteiger partial charge in [-0.2, -0.15) is 0 Å². The van der Waals surface area contributed by atoms with Crippen molar-refractivity contribution in [1.82, 2.24) is 5.32 Å². The van der Waals surface area contributed by atoms with E-state index in [1.54, 1.807) is 0 Å². The van der Waals surface area contributed by atoms with Crippen molar-refractivity contribution < 1.29 is 17.8 Å². The minimum atomic E-state index is -4.12. The second-order valence-corrected chi connectivity index (χ2v) is 3.62. The Balaban J connectivity index is 0. The smallest absolute Gasteiger partial charge is 0.748 e. The van der Waals surface area contributed by atoms with Crippen LogP contribution < -0.4 is 5.32 Å². The zero-order valence-corrected chi connectivity index (χ0v) is 9.89. The Morgan fingerprint density at radius 1 is 1.50 bits per heavy atom. The zero-order chi connectivity index (χ0) is 8.91. The molecule has 0 radical (unpaired) electrons. The molecule has 0 unspecified atom stereocenters. The van der Waals surface area contributed by atoms with E-state index < -0.39 is 15.9 Å². The van der Waals surface area contributed by atoms with Crippen LogP contribution in [-0.2, 0) is 14.9 Å². The van der Waals surface area contributed by atoms with Crippen LogP contribution in [0.15, 0.2) is 0 Å². The Labute approximate surface area is 102 Å². The van der Waals surface area contributed by atoms with Crippen molar-refractivity contribution in [3.8, 4) is 0 Å². The number of amides is 1. The molecule has 0 spiro atoms. The minimum Gasteiger partial charge on any atom is -0.748 e. The SMILES string of the molecule is CC(=O)NCCCS(=O)(=O)[O-].[Ca+2]. The molecule has 0 saturated heterocycles. The first kappa shape index (κ1) is 15.1. The average Bonchev–Trinajstić information content (AvgIpc) is 1.78. The van der Waals surface area contributed by atoms with Crippen LogP contribution in [0.1, 0.15) is 13.3 Å². The molecule has 0 atom stereocenters. The minimum absolute atomic E-state index is 0. The van der Waals surface area contributed by atoms with Crippen LogP contribution in [0.4, 0.5) is 0 Å². The third-order valence-electron chi connectivity index (χ3n) is 0.945. The largest absolute Gasteiger partial charge is 2.00 e. The summed E-state index contributed by atoms with van der Waals surface area (Å²) >= 11 is 0. The van der Waals surface area contributed by atoms with Gasteiger partial charge in [-0.15, -0.1) is 0 Å². The maximum atomic E-state index is 10.2. The Morgan fingerprint density at radius 3 is 2.33 bits per heavy atom. The van der Waals surface area contributed by atoms with Crippen molar-refractivity contribution in [3.05, 3.63) is 0 Å². The molecule has 1 N–H and O–H groups in total. The van der Waals surface area contributed by atoms with Gasteiger partial charge in [-0.1, -0.05) is 0 Å². The summed E-state index contributed by atoms with van der Waals surface area (Å²) in [7, 11) is -4.12. The van der Waals surface area contributed by atoms with E-state index in [0.29, 0.717) is 0 Å². The molecule has 0 fully saturated rings. The molecular weight excluding hydrogens is 210 g/mol. The molecule has 0 saturated carbocycles. The Hall–Kier alpha value is 0.640. The summed E-state index contributed by atoms with van der Waals surface area (Å²) in [6, 6.07) is 0. The summed E-state index contributed by atoms with van der Waals surface area (Å²) in [5.74, 6) is -0.652. The summed E-state index contributed by atoms with van der Waals surface area (Å²) in [6.07, 6.45) is 0.172. The number of rotatable bonds is 4. The molecule has 0 bridgehead atoms. The van der Waals surface area contributed by atoms with Crippen LogP contribution in [0.3, 0.4) is 0 Å². The van der Waals surface area contributed by atoms with Gasteiger partial charge in [0.1, 0.15) is 0 Å². The molecule has 0 aromatic carbocycles. The average molecular weight is 220 g/mol. The number of carbonyl (C=O) groups excluding carboxylic acids is 1. The monoisotopic (exact) mass is 220 g/mol. The van der Waals surface area contributed by atoms with Crippen molar-refractivity contribution in [2.24, 2.45) is 0 Å². The fraction of sp³-hybridized carbons (Fsp3) is 0.800. The first-order chi connectivity index (χ1) is 4.92. The summed E-state index contributed by atoms with van der Waals surface area (Å²) in [6.45, 7) is 1.56. The van der Waals surface area contributed by atoms with Gasteiger partial charge in [0.2, 0.25) is 5.91 Å². The molecule has 0 aliphatic rings. The Morgan fingerprint density at radius 2 is 2.00 bits per heavy atom. The Bertz CT molecular complexity index is 226. The number of hydrogen-bond acceptors (Lipinski definition) is 4. The first-order valence-corrected chi connectivity index (χ1v) is 4.67. The molecule has 12 heavy (non-hydrogen) atoms. The molecule has 0 heterocycles. The van der Waals surface area contributed by atoms with E-state index in [1.165, 1.54) is 6.92 Å². The van der Waals surface area contributed by atoms with Crippen molar-refractivity contribution in [2.75, 3.05) is 12.3 Å². The molecule has 0 rings (SSSR count). The van der Waals surface area contributed by atoms with Crippen LogP contribution >= 0.6 is 0 Å². The molecule has 0 aromatic rings. The van der Waals surface area contributed by atoms with E-state index in [-0.39, 0.29) is 56.6 Å². The van der Waals surface area contributed by atoms with E-state index >= 15 is 0 Å². The number of nitrogens with one attached hydrogen (secondary N) is 1. The quantitative estimate of drug-likeness (QED) is 0.361. The fourth-order valence-electron chi connectivity index (χ4n) is 0.513. The second kappa shape index (κ2) is 7.08. The summed E-state index contributed by atoms with van der Waals surface area (Å²) in [5.41, 5.74) is 0. The third kappa shape index (κ3) is 13.2. The number of carbonyl (C=O) groups is 1. The van der Waals surface area contributed by atoms with Gasteiger partial charge in [0.25, 0.3) is 0 Å². The predicted octanol–water partition coefficient (Wildman–Crippen LogP) is -1.32. The Kier molecular flexibility index (Phi) is 8.93. The normalized spacial score (nSPS) is 10.2. The summed E-state index contributed by atoms with van der Waals surface area (Å²) in [4.78, 5) is 10.2. The van der Waals surface area contributed by atoms with Gasteiger partial charge < -0.3 is 9.87 Å². The van der Waals surface area contributed by atoms with Gasteiger partial charge in [0.15, 0.2) is 0 Å². The number of hydrogen-bond donors (Lipinski definition) is 1. The van der Waals surface area contributed by atoms with E-state index in [9.17, 15) is 17.8 Å². The van der Waals surface area contributed by atoms with Crippen molar-refractivity contribution in [1.29, 1.82) is 0 Å². The zero-order valence-electron chi connectivity index (χ0n) is 6.87. The van der Waals surface area contributed by atoms with Gasteiger partial charge in [0, 0.05) is 19.2 Å². The molecule has 0 aliphatic heterocycles. The molecule has 7 heteroatoms. The van der Waals surface area contributed by atoms with Gasteiger partial charge >= 0.3 is 37.7 Å². The molecule has 0 aliphatic carbocycles. The molecular formula is C5H10CaNO4S+. The molecule has 66 valence electrons. The maximum absolute atomic E-state index is 10.2. The third-order valence-corrected chi connectivity index (χ3v) is 1.73. The van der Waals surface area contributed by atoms with E-state index in [0.717, 1.165) is 0 Å². The van der Waals surface area contributed by atoms with Crippen LogP contribution in [-0.4, -0.2) is 68.9 Å². The topological polar surface area (TPSA) is 86.3 Å². The van der Waals surface area contributed by atoms with Gasteiger partial charge in [0.05, 0.1) is 10.1 Å². The van der Waals surface area contributed by atoms with E-state index in [2.05, 4.69) is 5.32 Å². The van der Waals surface area contributed by atoms with Crippen molar-refractivity contribution in [2.45, 2.75) is 13.3 Å². The summed E-state index contributed by atoms with van der Waals surface area (Å²) < 4.78 is 30.0. The van der Waals surface area contributed by atoms with Crippen LogP contribution in [0, 0.1) is 0 Å². The van der Waals surface area contributed by atoms with E-state index in [1.807, 2.05) is 0 Å². The fourth-order valence-corrected chi connectivity index (χ4v) is 1.01. The van der Waals surface area contributed by atoms with Crippen molar-refractivity contribution >= 4 is 53.8 Å². The van der Waals surface area contributed by atoms with Crippen LogP contribution in [0.2, 0.25) is 0 Å². The van der Waals surface area contributed by atoms with Crippen LogP contribution in [0.25, 0.3) is 0 Å².